The van der Waals surface area contributed by atoms with Crippen LogP contribution in [-0.2, 0) is 4.79 Å². The number of aliphatic carboxylic acids is 1. The molecule has 3 unspecified atom stereocenters. The first kappa shape index (κ1) is 48.1. The summed E-state index contributed by atoms with van der Waals surface area (Å²) < 4.78 is 0. The Balaban J connectivity index is 1.07. The molecule has 2 aromatic carbocycles. The second kappa shape index (κ2) is 22.6. The van der Waals surface area contributed by atoms with Crippen molar-refractivity contribution in [3.05, 3.63) is 119 Å². The number of benzene rings is 2. The van der Waals surface area contributed by atoms with Gasteiger partial charge in [0.2, 0.25) is 0 Å². The standard InChI is InChI=1S/C55H68N8O6/c64-51(56-25-24-45(38-16-4-1-5-17-38)39-18-6-2-7-19-39)46-32-41(34-48(57-46)53(66)62-30-14-22-43(62)36-60-26-10-11-27-60)42-33-47(52(65)59-50(55(68)69)40-20-8-3-9-21-40)58-49(35-42)54(67)63-31-15-23-44(63)37-61-28-12-13-29-61/h1-2,4-7,16-19,32-35,40,43-45,50H,3,8-15,20-31,36-37H2,(H,56,64)(H,59,65)(H,68,69). The maximum absolute atomic E-state index is 14.8. The van der Waals surface area contributed by atoms with E-state index in [0.717, 1.165) is 121 Å². The molecule has 1 aliphatic carbocycles. The van der Waals surface area contributed by atoms with Gasteiger partial charge in [0.1, 0.15) is 28.8 Å². The lowest BCUT2D eigenvalue weighted by Gasteiger charge is -2.29. The lowest BCUT2D eigenvalue weighted by molar-refractivity contribution is -0.141. The molecule has 2 aromatic heterocycles. The number of pyridine rings is 2. The number of carbonyl (C=O) groups is 5. The number of rotatable bonds is 17. The molecule has 0 bridgehead atoms. The summed E-state index contributed by atoms with van der Waals surface area (Å²) in [7, 11) is 0. The maximum atomic E-state index is 14.8. The SMILES string of the molecule is O=C(NCCC(c1ccccc1)c1ccccc1)c1cc(-c2cc(C(=O)NC(C(=O)O)C3CCCCC3)nc(C(=O)N3CCCC3CN3CCCC3)c2)cc(C(=O)N2CCCC2CN2CCCC2)n1. The quantitative estimate of drug-likeness (QED) is 0.0981. The average molecular weight is 937 g/mol. The number of carboxylic acids is 1. The van der Waals surface area contributed by atoms with Crippen molar-refractivity contribution in [2.75, 3.05) is 58.9 Å². The number of likely N-dealkylation sites (tertiary alicyclic amines) is 4. The van der Waals surface area contributed by atoms with Gasteiger partial charge in [-0.2, -0.15) is 0 Å². The summed E-state index contributed by atoms with van der Waals surface area (Å²) >= 11 is 0. The van der Waals surface area contributed by atoms with Gasteiger partial charge in [-0.05, 0) is 149 Å². The summed E-state index contributed by atoms with van der Waals surface area (Å²) in [6.45, 7) is 7.01. The Labute approximate surface area is 406 Å². The van der Waals surface area contributed by atoms with Crippen molar-refractivity contribution in [3.63, 3.8) is 0 Å². The van der Waals surface area contributed by atoms with E-state index in [1.54, 1.807) is 24.3 Å². The van der Waals surface area contributed by atoms with Gasteiger partial charge in [0.25, 0.3) is 23.6 Å². The fourth-order valence-corrected chi connectivity index (χ4v) is 11.6. The lowest BCUT2D eigenvalue weighted by atomic mass is 9.84. The van der Waals surface area contributed by atoms with Crippen LogP contribution in [0.25, 0.3) is 11.1 Å². The maximum Gasteiger partial charge on any atom is 0.326 e. The highest BCUT2D eigenvalue weighted by atomic mass is 16.4. The number of hydrogen-bond acceptors (Lipinski definition) is 9. The van der Waals surface area contributed by atoms with Crippen LogP contribution in [-0.4, -0.2) is 141 Å². The number of hydrogen-bond donors (Lipinski definition) is 3. The zero-order chi connectivity index (χ0) is 47.7. The molecule has 6 heterocycles. The fraction of sp³-hybridized carbons (Fsp3) is 0.509. The molecule has 0 spiro atoms. The molecule has 14 heteroatoms. The number of nitrogens with zero attached hydrogens (tertiary/aromatic N) is 6. The first-order valence-corrected chi connectivity index (χ1v) is 25.7. The minimum Gasteiger partial charge on any atom is -0.480 e. The van der Waals surface area contributed by atoms with Gasteiger partial charge in [-0.25, -0.2) is 14.8 Å². The zero-order valence-corrected chi connectivity index (χ0v) is 39.9. The Morgan fingerprint density at radius 3 is 1.49 bits per heavy atom. The minimum absolute atomic E-state index is 0.00648. The molecule has 3 N–H and O–H groups in total. The third-order valence-electron chi connectivity index (χ3n) is 15.3. The molecule has 5 fully saturated rings. The van der Waals surface area contributed by atoms with Gasteiger partial charge >= 0.3 is 5.97 Å². The minimum atomic E-state index is -1.12. The molecule has 4 saturated heterocycles. The van der Waals surface area contributed by atoms with Crippen LogP contribution in [0.4, 0.5) is 0 Å². The Morgan fingerprint density at radius 1 is 0.551 bits per heavy atom. The number of amides is 4. The topological polar surface area (TPSA) is 168 Å². The summed E-state index contributed by atoms with van der Waals surface area (Å²) in [6.07, 6.45) is 12.8. The van der Waals surface area contributed by atoms with Crippen molar-refractivity contribution < 1.29 is 29.1 Å². The second-order valence-electron chi connectivity index (χ2n) is 20.0. The van der Waals surface area contributed by atoms with Crippen LogP contribution >= 0.6 is 0 Å². The van der Waals surface area contributed by atoms with Crippen molar-refractivity contribution in [1.29, 1.82) is 0 Å². The van der Waals surface area contributed by atoms with E-state index in [9.17, 15) is 29.1 Å². The van der Waals surface area contributed by atoms with E-state index in [4.69, 9.17) is 4.98 Å². The molecular formula is C55H68N8O6. The van der Waals surface area contributed by atoms with Gasteiger partial charge in [-0.3, -0.25) is 19.2 Å². The Kier molecular flexibility index (Phi) is 15.8. The van der Waals surface area contributed by atoms with Crippen LogP contribution in [0.15, 0.2) is 84.9 Å². The average Bonchev–Trinajstić information content (AvgIpc) is 4.26. The van der Waals surface area contributed by atoms with Gasteiger partial charge in [-0.1, -0.05) is 79.9 Å². The van der Waals surface area contributed by atoms with E-state index in [0.29, 0.717) is 50.0 Å². The number of nitrogens with one attached hydrogen (secondary N) is 2. The largest absolute Gasteiger partial charge is 0.480 e. The molecule has 1 saturated carbocycles. The van der Waals surface area contributed by atoms with Crippen LogP contribution in [0.1, 0.15) is 149 Å². The van der Waals surface area contributed by atoms with E-state index in [-0.39, 0.29) is 58.5 Å². The lowest BCUT2D eigenvalue weighted by Crippen LogP contribution is -2.47. The molecule has 0 radical (unpaired) electrons. The highest BCUT2D eigenvalue weighted by molar-refractivity contribution is 6.01. The first-order valence-electron chi connectivity index (χ1n) is 25.7. The van der Waals surface area contributed by atoms with Gasteiger partial charge in [0.15, 0.2) is 0 Å². The number of carbonyl (C=O) groups excluding carboxylic acids is 4. The van der Waals surface area contributed by atoms with Crippen LogP contribution in [0.2, 0.25) is 0 Å². The Morgan fingerprint density at radius 2 is 1.01 bits per heavy atom. The predicted molar refractivity (Wildman–Crippen MR) is 264 cm³/mol. The summed E-state index contributed by atoms with van der Waals surface area (Å²) in [6, 6.07) is 25.7. The van der Waals surface area contributed by atoms with Crippen LogP contribution < -0.4 is 10.6 Å². The molecule has 364 valence electrons. The summed E-state index contributed by atoms with van der Waals surface area (Å²) in [5, 5.41) is 16.3. The molecule has 5 aliphatic rings. The molecule has 4 aliphatic heterocycles. The second-order valence-corrected chi connectivity index (χ2v) is 20.0. The fourth-order valence-electron chi connectivity index (χ4n) is 11.6. The van der Waals surface area contributed by atoms with E-state index in [1.807, 2.05) is 46.2 Å². The van der Waals surface area contributed by atoms with E-state index in [2.05, 4.69) is 49.7 Å². The highest BCUT2D eigenvalue weighted by Crippen LogP contribution is 2.31. The molecular weight excluding hydrogens is 869 g/mol. The predicted octanol–water partition coefficient (Wildman–Crippen LogP) is 7.26. The van der Waals surface area contributed by atoms with Crippen molar-refractivity contribution in [1.82, 2.24) is 40.2 Å². The molecule has 4 amide bonds. The van der Waals surface area contributed by atoms with Crippen molar-refractivity contribution >= 4 is 29.6 Å². The first-order chi connectivity index (χ1) is 33.7. The number of carboxylic acid groups (broad SMARTS) is 1. The van der Waals surface area contributed by atoms with Gasteiger partial charge < -0.3 is 35.3 Å². The molecule has 9 rings (SSSR count). The van der Waals surface area contributed by atoms with Crippen molar-refractivity contribution in [2.45, 2.75) is 114 Å². The Hall–Kier alpha value is -5.99. The normalized spacial score (nSPS) is 20.7. The zero-order valence-electron chi connectivity index (χ0n) is 39.9. The van der Waals surface area contributed by atoms with Crippen LogP contribution in [0.5, 0.6) is 0 Å². The van der Waals surface area contributed by atoms with Crippen molar-refractivity contribution in [3.8, 4) is 11.1 Å². The summed E-state index contributed by atoms with van der Waals surface area (Å²) in [5.41, 5.74) is 3.15. The third kappa shape index (κ3) is 11.7. The van der Waals surface area contributed by atoms with Gasteiger partial charge in [-0.15, -0.1) is 0 Å². The van der Waals surface area contributed by atoms with Crippen LogP contribution in [0, 0.1) is 5.92 Å². The molecule has 14 nitrogen and oxygen atoms in total. The number of aromatic nitrogens is 2. The molecule has 69 heavy (non-hydrogen) atoms. The van der Waals surface area contributed by atoms with Gasteiger partial charge in [0.05, 0.1) is 0 Å². The van der Waals surface area contributed by atoms with Gasteiger partial charge in [0, 0.05) is 50.7 Å². The van der Waals surface area contributed by atoms with Crippen molar-refractivity contribution in [2.24, 2.45) is 5.92 Å². The summed E-state index contributed by atoms with van der Waals surface area (Å²) in [5.74, 6) is -3.06. The van der Waals surface area contributed by atoms with E-state index < -0.39 is 23.8 Å². The smallest absolute Gasteiger partial charge is 0.326 e. The monoisotopic (exact) mass is 937 g/mol. The Bertz CT molecular complexity index is 2400. The molecule has 4 aromatic rings. The summed E-state index contributed by atoms with van der Waals surface area (Å²) in [4.78, 5) is 89.0. The molecule has 3 atom stereocenters. The third-order valence-corrected chi connectivity index (χ3v) is 15.3. The van der Waals surface area contributed by atoms with Crippen LogP contribution in [0.3, 0.4) is 0 Å². The highest BCUT2D eigenvalue weighted by Gasteiger charge is 2.36. The van der Waals surface area contributed by atoms with E-state index >= 15 is 0 Å². The van der Waals surface area contributed by atoms with E-state index in [1.165, 1.54) is 0 Å².